The number of nitrogens with one attached hydrogen (secondary N) is 1. The lowest BCUT2D eigenvalue weighted by Gasteiger charge is -2.35. The second-order valence-corrected chi connectivity index (χ2v) is 13.2. The molecule has 1 N–H and O–H groups in total. The van der Waals surface area contributed by atoms with Crippen LogP contribution < -0.4 is 9.62 Å². The average Bonchev–Trinajstić information content (AvgIpc) is 3.07. The molecule has 5 rings (SSSR count). The number of hydrogen-bond donors (Lipinski definition) is 1. The highest BCUT2D eigenvalue weighted by molar-refractivity contribution is 7.92. The second-order valence-electron chi connectivity index (χ2n) is 11.4. The molecule has 0 heterocycles. The minimum atomic E-state index is -4.23. The van der Waals surface area contributed by atoms with Gasteiger partial charge in [0.15, 0.2) is 0 Å². The maximum absolute atomic E-state index is 14.5. The van der Waals surface area contributed by atoms with Crippen molar-refractivity contribution in [2.75, 3.05) is 10.8 Å². The van der Waals surface area contributed by atoms with Gasteiger partial charge in [0.2, 0.25) is 11.8 Å². The highest BCUT2D eigenvalue weighted by atomic mass is 32.2. The molecular formula is C36H38FN3O4S. The molecule has 0 aliphatic heterocycles. The smallest absolute Gasteiger partial charge is 0.264 e. The summed E-state index contributed by atoms with van der Waals surface area (Å²) < 4.78 is 42.8. The molecule has 234 valence electrons. The molecule has 0 unspecified atom stereocenters. The molecule has 7 nitrogen and oxygen atoms in total. The number of carbonyl (C=O) groups excluding carboxylic acids is 2. The molecule has 1 atom stereocenters. The Hall–Kier alpha value is -4.50. The summed E-state index contributed by atoms with van der Waals surface area (Å²) in [7, 11) is -4.23. The Morgan fingerprint density at radius 1 is 0.756 bits per heavy atom. The van der Waals surface area contributed by atoms with Crippen molar-refractivity contribution in [3.63, 3.8) is 0 Å². The normalized spacial score (nSPS) is 14.3. The first-order valence-electron chi connectivity index (χ1n) is 15.3. The largest absolute Gasteiger partial charge is 0.352 e. The van der Waals surface area contributed by atoms with Crippen LogP contribution in [-0.4, -0.2) is 43.8 Å². The Bertz CT molecular complexity index is 1650. The molecule has 0 radical (unpaired) electrons. The topological polar surface area (TPSA) is 86.8 Å². The average molecular weight is 628 g/mol. The molecule has 45 heavy (non-hydrogen) atoms. The van der Waals surface area contributed by atoms with Crippen molar-refractivity contribution in [1.82, 2.24) is 10.2 Å². The van der Waals surface area contributed by atoms with E-state index < -0.39 is 34.3 Å². The molecule has 4 aromatic rings. The summed E-state index contributed by atoms with van der Waals surface area (Å²) in [5.74, 6) is -1.35. The third kappa shape index (κ3) is 8.36. The molecule has 1 saturated carbocycles. The molecule has 9 heteroatoms. The van der Waals surface area contributed by atoms with E-state index in [1.54, 1.807) is 18.2 Å². The number of nitrogens with zero attached hydrogens (tertiary/aromatic N) is 2. The van der Waals surface area contributed by atoms with Gasteiger partial charge in [0.05, 0.1) is 10.6 Å². The number of sulfonamides is 1. The van der Waals surface area contributed by atoms with Crippen LogP contribution in [0.2, 0.25) is 0 Å². The van der Waals surface area contributed by atoms with Crippen LogP contribution in [0.1, 0.15) is 43.2 Å². The summed E-state index contributed by atoms with van der Waals surface area (Å²) in [6.45, 7) is -0.490. The second kappa shape index (κ2) is 15.0. The van der Waals surface area contributed by atoms with Gasteiger partial charge in [-0.1, -0.05) is 98.1 Å². The van der Waals surface area contributed by atoms with E-state index in [-0.39, 0.29) is 35.5 Å². The summed E-state index contributed by atoms with van der Waals surface area (Å²) in [6, 6.07) is 30.7. The van der Waals surface area contributed by atoms with E-state index in [9.17, 15) is 22.4 Å². The van der Waals surface area contributed by atoms with Crippen molar-refractivity contribution in [3.8, 4) is 0 Å². The SMILES string of the molecule is O=C(NC1CCCCC1)[C@H](Cc1ccccc1)N(Cc1ccccc1)C(=O)CN(c1ccc(F)cc1)S(=O)(=O)c1ccccc1. The number of anilines is 1. The fourth-order valence-corrected chi connectivity index (χ4v) is 7.17. The van der Waals surface area contributed by atoms with Gasteiger partial charge >= 0.3 is 0 Å². The number of benzene rings is 4. The first-order valence-corrected chi connectivity index (χ1v) is 16.8. The lowest BCUT2D eigenvalue weighted by Crippen LogP contribution is -2.55. The van der Waals surface area contributed by atoms with E-state index in [0.29, 0.717) is 0 Å². The molecular weight excluding hydrogens is 589 g/mol. The van der Waals surface area contributed by atoms with Crippen molar-refractivity contribution in [3.05, 3.63) is 132 Å². The zero-order chi connectivity index (χ0) is 31.6. The number of hydrogen-bond acceptors (Lipinski definition) is 4. The molecule has 0 spiro atoms. The molecule has 0 bridgehead atoms. The Kier molecular flexibility index (Phi) is 10.6. The monoisotopic (exact) mass is 627 g/mol. The van der Waals surface area contributed by atoms with Gasteiger partial charge in [-0.3, -0.25) is 13.9 Å². The maximum atomic E-state index is 14.5. The molecule has 4 aromatic carbocycles. The summed E-state index contributed by atoms with van der Waals surface area (Å²) >= 11 is 0. The standard InChI is InChI=1S/C36H38FN3O4S/c37-30-21-23-32(24-22-30)40(45(43,44)33-19-11-4-12-20-33)27-35(41)39(26-29-15-7-2-8-16-29)34(25-28-13-5-1-6-14-28)36(42)38-31-17-9-3-10-18-31/h1-2,4-8,11-16,19-24,31,34H,3,9-10,17-18,25-27H2,(H,38,42)/t34-/m0/s1. The van der Waals surface area contributed by atoms with Crippen molar-refractivity contribution >= 4 is 27.5 Å². The Morgan fingerprint density at radius 2 is 1.31 bits per heavy atom. The van der Waals surface area contributed by atoms with Gasteiger partial charge in [-0.2, -0.15) is 0 Å². The molecule has 2 amide bonds. The van der Waals surface area contributed by atoms with Crippen molar-refractivity contribution in [2.24, 2.45) is 0 Å². The van der Waals surface area contributed by atoms with Crippen LogP contribution in [0, 0.1) is 5.82 Å². The van der Waals surface area contributed by atoms with E-state index in [2.05, 4.69) is 5.32 Å². The first-order chi connectivity index (χ1) is 21.8. The lowest BCUT2D eigenvalue weighted by molar-refractivity contribution is -0.140. The highest BCUT2D eigenvalue weighted by Gasteiger charge is 2.35. The highest BCUT2D eigenvalue weighted by Crippen LogP contribution is 2.26. The molecule has 1 aliphatic rings. The van der Waals surface area contributed by atoms with Gasteiger partial charge in [0.25, 0.3) is 10.0 Å². The van der Waals surface area contributed by atoms with Crippen LogP contribution >= 0.6 is 0 Å². The van der Waals surface area contributed by atoms with E-state index >= 15 is 0 Å². The number of amides is 2. The number of rotatable bonds is 12. The van der Waals surface area contributed by atoms with E-state index in [1.807, 2.05) is 60.7 Å². The van der Waals surface area contributed by atoms with E-state index in [4.69, 9.17) is 0 Å². The summed E-state index contributed by atoms with van der Waals surface area (Å²) in [5, 5.41) is 3.20. The lowest BCUT2D eigenvalue weighted by atomic mass is 9.94. The number of carbonyl (C=O) groups is 2. The van der Waals surface area contributed by atoms with Gasteiger partial charge in [-0.15, -0.1) is 0 Å². The fourth-order valence-electron chi connectivity index (χ4n) is 5.73. The van der Waals surface area contributed by atoms with Crippen LogP contribution in [0.3, 0.4) is 0 Å². The molecule has 0 saturated heterocycles. The van der Waals surface area contributed by atoms with Gasteiger partial charge in [0, 0.05) is 19.0 Å². The number of halogens is 1. The predicted octanol–water partition coefficient (Wildman–Crippen LogP) is 6.11. The Balaban J connectivity index is 1.54. The predicted molar refractivity (Wildman–Crippen MR) is 173 cm³/mol. The Labute approximate surface area is 264 Å². The van der Waals surface area contributed by atoms with E-state index in [0.717, 1.165) is 59.7 Å². The van der Waals surface area contributed by atoms with E-state index in [1.165, 1.54) is 29.2 Å². The third-order valence-electron chi connectivity index (χ3n) is 8.14. The minimum absolute atomic E-state index is 0.00684. The van der Waals surface area contributed by atoms with Crippen LogP contribution in [0.15, 0.2) is 120 Å². The maximum Gasteiger partial charge on any atom is 0.264 e. The van der Waals surface area contributed by atoms with Crippen LogP contribution in [0.4, 0.5) is 10.1 Å². The molecule has 1 fully saturated rings. The molecule has 1 aliphatic carbocycles. The molecule has 0 aromatic heterocycles. The zero-order valence-electron chi connectivity index (χ0n) is 25.1. The van der Waals surface area contributed by atoms with Crippen LogP contribution in [0.5, 0.6) is 0 Å². The van der Waals surface area contributed by atoms with Crippen molar-refractivity contribution < 1.29 is 22.4 Å². The van der Waals surface area contributed by atoms with Crippen molar-refractivity contribution in [1.29, 1.82) is 0 Å². The third-order valence-corrected chi connectivity index (χ3v) is 9.93. The zero-order valence-corrected chi connectivity index (χ0v) is 25.9. The Morgan fingerprint density at radius 3 is 1.91 bits per heavy atom. The van der Waals surface area contributed by atoms with Crippen LogP contribution in [0.25, 0.3) is 0 Å². The summed E-state index contributed by atoms with van der Waals surface area (Å²) in [4.78, 5) is 30.0. The fraction of sp³-hybridized carbons (Fsp3) is 0.278. The van der Waals surface area contributed by atoms with Gasteiger partial charge in [0.1, 0.15) is 18.4 Å². The van der Waals surface area contributed by atoms with Gasteiger partial charge in [-0.05, 0) is 60.4 Å². The summed E-state index contributed by atoms with van der Waals surface area (Å²) in [5.41, 5.74) is 1.81. The summed E-state index contributed by atoms with van der Waals surface area (Å²) in [6.07, 6.45) is 5.21. The van der Waals surface area contributed by atoms with Crippen molar-refractivity contribution in [2.45, 2.75) is 62.0 Å². The first kappa shape index (κ1) is 31.9. The quantitative estimate of drug-likeness (QED) is 0.205. The van der Waals surface area contributed by atoms with Crippen LogP contribution in [-0.2, 0) is 32.6 Å². The van der Waals surface area contributed by atoms with Gasteiger partial charge in [-0.25, -0.2) is 12.8 Å². The minimum Gasteiger partial charge on any atom is -0.352 e. The van der Waals surface area contributed by atoms with Gasteiger partial charge < -0.3 is 10.2 Å².